The molecule has 1 unspecified atom stereocenters. The van der Waals surface area contributed by atoms with Gasteiger partial charge in [0, 0.05) is 13.1 Å². The zero-order chi connectivity index (χ0) is 17.7. The van der Waals surface area contributed by atoms with Crippen molar-refractivity contribution in [3.63, 3.8) is 0 Å². The number of tetrazole rings is 1. The highest BCUT2D eigenvalue weighted by molar-refractivity contribution is 8.00. The number of thioether (sulfide) groups is 1. The van der Waals surface area contributed by atoms with Crippen molar-refractivity contribution >= 4 is 23.8 Å². The van der Waals surface area contributed by atoms with Crippen molar-refractivity contribution in [3.05, 3.63) is 0 Å². The third kappa shape index (κ3) is 5.99. The zero-order valence-electron chi connectivity index (χ0n) is 14.4. The highest BCUT2D eigenvalue weighted by Gasteiger charge is 2.29. The van der Waals surface area contributed by atoms with Crippen molar-refractivity contribution in [2.24, 2.45) is 0 Å². The minimum atomic E-state index is -0.538. The lowest BCUT2D eigenvalue weighted by atomic mass is 10.2. The van der Waals surface area contributed by atoms with Crippen LogP contribution in [0.15, 0.2) is 5.16 Å². The van der Waals surface area contributed by atoms with E-state index in [1.54, 1.807) is 32.4 Å². The van der Waals surface area contributed by atoms with Gasteiger partial charge in [0.1, 0.15) is 5.60 Å². The van der Waals surface area contributed by atoms with Crippen molar-refractivity contribution in [2.45, 2.75) is 62.6 Å². The number of nitrogens with one attached hydrogen (secondary N) is 2. The van der Waals surface area contributed by atoms with Crippen LogP contribution in [0.4, 0.5) is 4.79 Å². The number of nitrogens with zero attached hydrogens (tertiary/aromatic N) is 4. The first-order valence-corrected chi connectivity index (χ1v) is 8.83. The molecule has 10 heteroatoms. The second-order valence-electron chi connectivity index (χ2n) is 6.62. The summed E-state index contributed by atoms with van der Waals surface area (Å²) < 4.78 is 6.89. The van der Waals surface area contributed by atoms with Crippen LogP contribution in [0, 0.1) is 0 Å². The molecule has 1 aromatic heterocycles. The van der Waals surface area contributed by atoms with Gasteiger partial charge in [-0.15, -0.1) is 5.10 Å². The number of aromatic nitrogens is 4. The van der Waals surface area contributed by atoms with Crippen LogP contribution in [0.2, 0.25) is 0 Å². The van der Waals surface area contributed by atoms with Crippen LogP contribution in [0.1, 0.15) is 46.6 Å². The van der Waals surface area contributed by atoms with E-state index in [2.05, 4.69) is 26.2 Å². The molecule has 0 radical (unpaired) electrons. The van der Waals surface area contributed by atoms with Gasteiger partial charge in [0.25, 0.3) is 0 Å². The topological polar surface area (TPSA) is 111 Å². The molecule has 0 saturated heterocycles. The molecule has 0 bridgehead atoms. The smallest absolute Gasteiger partial charge is 0.407 e. The first kappa shape index (κ1) is 18.5. The fraction of sp³-hybridized carbons (Fsp3) is 0.786. The molecule has 1 heterocycles. The summed E-state index contributed by atoms with van der Waals surface area (Å²) in [5.74, 6) is -0.128. The lowest BCUT2D eigenvalue weighted by Gasteiger charge is -2.19. The normalized spacial score (nSPS) is 15.7. The molecule has 2 N–H and O–H groups in total. The molecule has 24 heavy (non-hydrogen) atoms. The van der Waals surface area contributed by atoms with Gasteiger partial charge in [0.05, 0.1) is 11.3 Å². The average molecular weight is 356 g/mol. The summed E-state index contributed by atoms with van der Waals surface area (Å²) in [4.78, 5) is 23.6. The van der Waals surface area contributed by atoms with E-state index in [9.17, 15) is 9.59 Å². The Kier molecular flexibility index (Phi) is 6.03. The van der Waals surface area contributed by atoms with Crippen LogP contribution in [-0.4, -0.2) is 56.1 Å². The molecular formula is C14H24N6O3S. The maximum Gasteiger partial charge on any atom is 0.407 e. The molecule has 2 amide bonds. The van der Waals surface area contributed by atoms with E-state index in [1.807, 2.05) is 0 Å². The molecule has 1 fully saturated rings. The van der Waals surface area contributed by atoms with Crippen molar-refractivity contribution in [1.29, 1.82) is 0 Å². The first-order chi connectivity index (χ1) is 11.3. The van der Waals surface area contributed by atoms with Crippen LogP contribution >= 0.6 is 11.8 Å². The Bertz CT molecular complexity index is 581. The SMILES string of the molecule is CC(Sc1nnnn1C1CC1)C(=O)NCCNC(=O)OC(C)(C)C. The van der Waals surface area contributed by atoms with Gasteiger partial charge in [0.2, 0.25) is 11.1 Å². The lowest BCUT2D eigenvalue weighted by Crippen LogP contribution is -2.39. The standard InChI is InChI=1S/C14H24N6O3S/c1-9(24-12-17-18-19-20(12)10-5-6-10)11(21)15-7-8-16-13(22)23-14(2,3)4/h9-10H,5-8H2,1-4H3,(H,15,21)(H,16,22). The molecule has 1 aliphatic rings. The highest BCUT2D eigenvalue weighted by atomic mass is 32.2. The fourth-order valence-electron chi connectivity index (χ4n) is 1.83. The highest BCUT2D eigenvalue weighted by Crippen LogP contribution is 2.37. The second kappa shape index (κ2) is 7.82. The molecular weight excluding hydrogens is 332 g/mol. The van der Waals surface area contributed by atoms with Crippen molar-refractivity contribution in [2.75, 3.05) is 13.1 Å². The van der Waals surface area contributed by atoms with Gasteiger partial charge in [-0.3, -0.25) is 4.79 Å². The number of amides is 2. The molecule has 134 valence electrons. The van der Waals surface area contributed by atoms with Crippen molar-refractivity contribution in [3.8, 4) is 0 Å². The summed E-state index contributed by atoms with van der Waals surface area (Å²) in [6.45, 7) is 7.81. The Hall–Kier alpha value is -1.84. The first-order valence-electron chi connectivity index (χ1n) is 7.95. The van der Waals surface area contributed by atoms with Gasteiger partial charge in [-0.2, -0.15) is 0 Å². The summed E-state index contributed by atoms with van der Waals surface area (Å²) in [5.41, 5.74) is -0.538. The van der Waals surface area contributed by atoms with Crippen LogP contribution in [0.5, 0.6) is 0 Å². The fourth-order valence-corrected chi connectivity index (χ4v) is 2.71. The van der Waals surface area contributed by atoms with E-state index in [1.165, 1.54) is 11.8 Å². The number of hydrogen-bond donors (Lipinski definition) is 2. The Morgan fingerprint density at radius 3 is 2.62 bits per heavy atom. The van der Waals surface area contributed by atoms with Gasteiger partial charge < -0.3 is 15.4 Å². The van der Waals surface area contributed by atoms with Gasteiger partial charge in [-0.1, -0.05) is 11.8 Å². The van der Waals surface area contributed by atoms with E-state index in [0.29, 0.717) is 24.3 Å². The minimum Gasteiger partial charge on any atom is -0.444 e. The predicted octanol–water partition coefficient (Wildman–Crippen LogP) is 1.13. The average Bonchev–Trinajstić information content (AvgIpc) is 3.21. The van der Waals surface area contributed by atoms with E-state index in [4.69, 9.17) is 4.74 Å². The van der Waals surface area contributed by atoms with Crippen LogP contribution in [-0.2, 0) is 9.53 Å². The number of hydrogen-bond acceptors (Lipinski definition) is 7. The van der Waals surface area contributed by atoms with Crippen molar-refractivity contribution < 1.29 is 14.3 Å². The van der Waals surface area contributed by atoms with Gasteiger partial charge >= 0.3 is 6.09 Å². The second-order valence-corrected chi connectivity index (χ2v) is 7.92. The number of carbonyl (C=O) groups is 2. The molecule has 0 spiro atoms. The summed E-state index contributed by atoms with van der Waals surface area (Å²) >= 11 is 1.33. The van der Waals surface area contributed by atoms with Crippen LogP contribution in [0.3, 0.4) is 0 Å². The molecule has 9 nitrogen and oxygen atoms in total. The number of alkyl carbamates (subject to hydrolysis) is 1. The van der Waals surface area contributed by atoms with E-state index in [0.717, 1.165) is 12.8 Å². The summed E-state index contributed by atoms with van der Waals surface area (Å²) in [5, 5.41) is 17.3. The largest absolute Gasteiger partial charge is 0.444 e. The Morgan fingerprint density at radius 2 is 2.00 bits per heavy atom. The number of rotatable bonds is 7. The monoisotopic (exact) mass is 356 g/mol. The predicted molar refractivity (Wildman–Crippen MR) is 88.7 cm³/mol. The molecule has 2 rings (SSSR count). The maximum atomic E-state index is 12.1. The van der Waals surface area contributed by atoms with E-state index >= 15 is 0 Å². The Balaban J connectivity index is 1.66. The maximum absolute atomic E-state index is 12.1. The third-order valence-corrected chi connectivity index (χ3v) is 4.15. The van der Waals surface area contributed by atoms with Crippen LogP contribution in [0.25, 0.3) is 0 Å². The Morgan fingerprint density at radius 1 is 1.33 bits per heavy atom. The minimum absolute atomic E-state index is 0.128. The molecule has 0 aliphatic heterocycles. The van der Waals surface area contributed by atoms with Gasteiger partial charge in [0.15, 0.2) is 0 Å². The lowest BCUT2D eigenvalue weighted by molar-refractivity contribution is -0.120. The quantitative estimate of drug-likeness (QED) is 0.556. The van der Waals surface area contributed by atoms with Gasteiger partial charge in [-0.05, 0) is 51.0 Å². The number of ether oxygens (including phenoxy) is 1. The zero-order valence-corrected chi connectivity index (χ0v) is 15.2. The number of carbonyl (C=O) groups excluding carboxylic acids is 2. The third-order valence-electron chi connectivity index (χ3n) is 3.10. The summed E-state index contributed by atoms with van der Waals surface area (Å²) in [6.07, 6.45) is 1.66. The summed E-state index contributed by atoms with van der Waals surface area (Å²) in [6, 6.07) is 0.371. The van der Waals surface area contributed by atoms with Crippen LogP contribution < -0.4 is 10.6 Å². The van der Waals surface area contributed by atoms with Crippen molar-refractivity contribution in [1.82, 2.24) is 30.8 Å². The molecule has 0 aromatic carbocycles. The van der Waals surface area contributed by atoms with E-state index < -0.39 is 11.7 Å². The summed E-state index contributed by atoms with van der Waals surface area (Å²) in [7, 11) is 0. The molecule has 1 aliphatic carbocycles. The van der Waals surface area contributed by atoms with Gasteiger partial charge in [-0.25, -0.2) is 9.48 Å². The van der Waals surface area contributed by atoms with E-state index in [-0.39, 0.29) is 11.2 Å². The molecule has 1 aromatic rings. The molecule has 1 atom stereocenters. The molecule has 1 saturated carbocycles. The Labute approximate surface area is 145 Å².